The molecule has 0 unspecified atom stereocenters. The Morgan fingerprint density at radius 2 is 1.57 bits per heavy atom. The van der Waals surface area contributed by atoms with Crippen molar-refractivity contribution in [1.82, 2.24) is 5.32 Å². The van der Waals surface area contributed by atoms with Crippen molar-refractivity contribution in [1.29, 1.82) is 0 Å². The molecule has 0 aliphatic rings. The topological polar surface area (TPSA) is 96.5 Å². The van der Waals surface area contributed by atoms with Crippen LogP contribution in [0.2, 0.25) is 0 Å². The van der Waals surface area contributed by atoms with Crippen molar-refractivity contribution in [2.75, 3.05) is 17.2 Å². The van der Waals surface area contributed by atoms with Crippen LogP contribution in [-0.2, 0) is 20.7 Å². The average molecular weight is 476 g/mol. The lowest BCUT2D eigenvalue weighted by atomic mass is 10.1. The summed E-state index contributed by atoms with van der Waals surface area (Å²) in [6.45, 7) is 5.00. The Hall–Kier alpha value is -2.87. The molecule has 8 heteroatoms. The van der Waals surface area contributed by atoms with E-state index in [1.54, 1.807) is 45.0 Å². The lowest BCUT2D eigenvalue weighted by Crippen LogP contribution is -2.37. The molecular formula is C22H26BrN3O4. The fraction of sp³-hybridized carbons (Fsp3) is 0.318. The molecule has 160 valence electrons. The maximum absolute atomic E-state index is 12.2. The normalized spacial score (nSPS) is 10.8. The number of nitrogens with one attached hydrogen (secondary N) is 3. The van der Waals surface area contributed by atoms with Crippen molar-refractivity contribution in [3.8, 4) is 0 Å². The zero-order valence-electron chi connectivity index (χ0n) is 17.3. The van der Waals surface area contributed by atoms with Crippen LogP contribution in [0.15, 0.2) is 53.0 Å². The van der Waals surface area contributed by atoms with Crippen LogP contribution in [0.25, 0.3) is 0 Å². The van der Waals surface area contributed by atoms with E-state index >= 15 is 0 Å². The molecule has 0 atom stereocenters. The van der Waals surface area contributed by atoms with Gasteiger partial charge in [-0.05, 0) is 57.0 Å². The van der Waals surface area contributed by atoms with Crippen LogP contribution in [-0.4, -0.2) is 30.1 Å². The molecule has 0 aliphatic heterocycles. The summed E-state index contributed by atoms with van der Waals surface area (Å²) < 4.78 is 6.06. The number of ether oxygens (including phenoxy) is 1. The number of halogens is 1. The van der Waals surface area contributed by atoms with E-state index in [-0.39, 0.29) is 12.5 Å². The molecule has 0 saturated carbocycles. The number of hydrogen-bond donors (Lipinski definition) is 3. The molecule has 0 saturated heterocycles. The van der Waals surface area contributed by atoms with Crippen molar-refractivity contribution in [3.63, 3.8) is 0 Å². The van der Waals surface area contributed by atoms with E-state index in [1.807, 2.05) is 24.3 Å². The van der Waals surface area contributed by atoms with Crippen molar-refractivity contribution in [3.05, 3.63) is 58.6 Å². The standard InChI is InChI=1S/C22H26BrN3O4/c1-22(2,3)30-21(29)24-14-20(28)26-17-9-6-8-16(13-17)25-19(27)12-11-15-7-4-5-10-18(15)23/h4-10,13H,11-12,14H2,1-3H3,(H,24,29)(H,25,27)(H,26,28). The van der Waals surface area contributed by atoms with Crippen molar-refractivity contribution in [2.45, 2.75) is 39.2 Å². The maximum Gasteiger partial charge on any atom is 0.408 e. The van der Waals surface area contributed by atoms with Gasteiger partial charge in [-0.2, -0.15) is 0 Å². The Kier molecular flexibility index (Phi) is 8.41. The summed E-state index contributed by atoms with van der Waals surface area (Å²) in [6.07, 6.45) is 0.280. The lowest BCUT2D eigenvalue weighted by Gasteiger charge is -2.19. The number of hydrogen-bond acceptors (Lipinski definition) is 4. The first-order chi connectivity index (χ1) is 14.1. The number of aryl methyl sites for hydroxylation is 1. The molecule has 0 radical (unpaired) electrons. The number of anilines is 2. The minimum atomic E-state index is -0.663. The molecule has 0 heterocycles. The summed E-state index contributed by atoms with van der Waals surface area (Å²) in [5, 5.41) is 7.89. The largest absolute Gasteiger partial charge is 0.444 e. The Bertz CT molecular complexity index is 909. The van der Waals surface area contributed by atoms with Crippen LogP contribution in [0.5, 0.6) is 0 Å². The van der Waals surface area contributed by atoms with Crippen LogP contribution in [0, 0.1) is 0 Å². The second kappa shape index (κ2) is 10.8. The number of alkyl carbamates (subject to hydrolysis) is 1. The Labute approximate surface area is 184 Å². The molecule has 2 aromatic rings. The summed E-state index contributed by atoms with van der Waals surface area (Å²) >= 11 is 3.48. The van der Waals surface area contributed by atoms with Gasteiger partial charge in [-0.3, -0.25) is 9.59 Å². The average Bonchev–Trinajstić information content (AvgIpc) is 2.65. The monoisotopic (exact) mass is 475 g/mol. The lowest BCUT2D eigenvalue weighted by molar-refractivity contribution is -0.116. The first kappa shape index (κ1) is 23.4. The van der Waals surface area contributed by atoms with Crippen LogP contribution in [0.4, 0.5) is 16.2 Å². The fourth-order valence-corrected chi connectivity index (χ4v) is 3.00. The molecule has 2 rings (SSSR count). The SMILES string of the molecule is CC(C)(C)OC(=O)NCC(=O)Nc1cccc(NC(=O)CCc2ccccc2Br)c1. The predicted octanol–water partition coefficient (Wildman–Crippen LogP) is 4.48. The molecule has 0 aromatic heterocycles. The van der Waals surface area contributed by atoms with Gasteiger partial charge in [0.15, 0.2) is 0 Å². The first-order valence-corrected chi connectivity index (χ1v) is 10.3. The molecule has 7 nitrogen and oxygen atoms in total. The third kappa shape index (κ3) is 8.65. The summed E-state index contributed by atoms with van der Waals surface area (Å²) in [7, 11) is 0. The summed E-state index contributed by atoms with van der Waals surface area (Å²) in [5.41, 5.74) is 1.51. The minimum absolute atomic E-state index is 0.124. The van der Waals surface area contributed by atoms with Gasteiger partial charge in [-0.15, -0.1) is 0 Å². The van der Waals surface area contributed by atoms with Gasteiger partial charge in [0.1, 0.15) is 12.1 Å². The zero-order valence-corrected chi connectivity index (χ0v) is 18.8. The summed E-state index contributed by atoms with van der Waals surface area (Å²) in [6, 6.07) is 14.6. The third-order valence-corrected chi connectivity index (χ3v) is 4.58. The van der Waals surface area contributed by atoms with E-state index in [0.29, 0.717) is 24.2 Å². The van der Waals surface area contributed by atoms with Gasteiger partial charge < -0.3 is 20.7 Å². The van der Waals surface area contributed by atoms with Crippen LogP contribution < -0.4 is 16.0 Å². The van der Waals surface area contributed by atoms with Crippen molar-refractivity contribution >= 4 is 45.2 Å². The molecule has 3 N–H and O–H groups in total. The highest BCUT2D eigenvalue weighted by atomic mass is 79.9. The molecule has 2 aromatic carbocycles. The maximum atomic E-state index is 12.2. The molecule has 0 bridgehead atoms. The van der Waals surface area contributed by atoms with Gasteiger partial charge in [-0.1, -0.05) is 40.2 Å². The number of rotatable bonds is 7. The first-order valence-electron chi connectivity index (χ1n) is 9.52. The van der Waals surface area contributed by atoms with E-state index < -0.39 is 17.6 Å². The van der Waals surface area contributed by atoms with Crippen LogP contribution in [0.1, 0.15) is 32.8 Å². The molecule has 30 heavy (non-hydrogen) atoms. The van der Waals surface area contributed by atoms with E-state index in [4.69, 9.17) is 4.74 Å². The van der Waals surface area contributed by atoms with E-state index in [1.165, 1.54) is 0 Å². The van der Waals surface area contributed by atoms with Crippen molar-refractivity contribution in [2.24, 2.45) is 0 Å². The van der Waals surface area contributed by atoms with Crippen LogP contribution >= 0.6 is 15.9 Å². The quantitative estimate of drug-likeness (QED) is 0.549. The highest BCUT2D eigenvalue weighted by molar-refractivity contribution is 9.10. The Balaban J connectivity index is 1.82. The van der Waals surface area contributed by atoms with Gasteiger partial charge in [0.2, 0.25) is 11.8 Å². The second-order valence-corrected chi connectivity index (χ2v) is 8.48. The summed E-state index contributed by atoms with van der Waals surface area (Å²) in [5.74, 6) is -0.529. The zero-order chi connectivity index (χ0) is 22.1. The van der Waals surface area contributed by atoms with Gasteiger partial charge in [0.25, 0.3) is 0 Å². The molecular weight excluding hydrogens is 450 g/mol. The van der Waals surface area contributed by atoms with Gasteiger partial charge >= 0.3 is 6.09 Å². The van der Waals surface area contributed by atoms with Gasteiger partial charge in [0, 0.05) is 22.3 Å². The van der Waals surface area contributed by atoms with E-state index in [2.05, 4.69) is 31.9 Å². The molecule has 3 amide bonds. The molecule has 0 aliphatic carbocycles. The van der Waals surface area contributed by atoms with E-state index in [9.17, 15) is 14.4 Å². The third-order valence-electron chi connectivity index (χ3n) is 3.80. The number of carbonyl (C=O) groups excluding carboxylic acids is 3. The second-order valence-electron chi connectivity index (χ2n) is 7.62. The minimum Gasteiger partial charge on any atom is -0.444 e. The number of benzene rings is 2. The van der Waals surface area contributed by atoms with Crippen molar-refractivity contribution < 1.29 is 19.1 Å². The fourth-order valence-electron chi connectivity index (χ4n) is 2.52. The molecule has 0 fully saturated rings. The molecule has 0 spiro atoms. The number of amides is 3. The van der Waals surface area contributed by atoms with Gasteiger partial charge in [0.05, 0.1) is 0 Å². The van der Waals surface area contributed by atoms with Gasteiger partial charge in [-0.25, -0.2) is 4.79 Å². The predicted molar refractivity (Wildman–Crippen MR) is 120 cm³/mol. The number of carbonyl (C=O) groups is 3. The highest BCUT2D eigenvalue weighted by Crippen LogP contribution is 2.19. The Morgan fingerprint density at radius 1 is 0.933 bits per heavy atom. The van der Waals surface area contributed by atoms with E-state index in [0.717, 1.165) is 10.0 Å². The Morgan fingerprint density at radius 3 is 2.20 bits per heavy atom. The van der Waals surface area contributed by atoms with Crippen LogP contribution in [0.3, 0.4) is 0 Å². The highest BCUT2D eigenvalue weighted by Gasteiger charge is 2.16. The smallest absolute Gasteiger partial charge is 0.408 e. The summed E-state index contributed by atoms with van der Waals surface area (Å²) in [4.78, 5) is 35.9.